The zero-order chi connectivity index (χ0) is 22.4. The summed E-state index contributed by atoms with van der Waals surface area (Å²) in [5.74, 6) is 0.241. The Kier molecular flexibility index (Phi) is 6.99. The van der Waals surface area contributed by atoms with Crippen molar-refractivity contribution in [3.8, 4) is 11.3 Å². The van der Waals surface area contributed by atoms with E-state index in [2.05, 4.69) is 35.4 Å². The molecular weight excluding hydrogens is 394 g/mol. The van der Waals surface area contributed by atoms with Gasteiger partial charge in [-0.1, -0.05) is 0 Å². The first-order valence-corrected chi connectivity index (χ1v) is 9.87. The zero-order valence-corrected chi connectivity index (χ0v) is 18.1. The summed E-state index contributed by atoms with van der Waals surface area (Å²) in [6, 6.07) is 8.87. The van der Waals surface area contributed by atoms with E-state index in [1.807, 2.05) is 33.3 Å². The third kappa shape index (κ3) is 5.67. The number of nitrogens with one attached hydrogen (secondary N) is 3. The van der Waals surface area contributed by atoms with Crippen molar-refractivity contribution in [1.29, 1.82) is 0 Å². The van der Waals surface area contributed by atoms with Crippen molar-refractivity contribution in [3.63, 3.8) is 0 Å². The molecule has 3 aromatic rings. The van der Waals surface area contributed by atoms with E-state index >= 15 is 0 Å². The van der Waals surface area contributed by atoms with Gasteiger partial charge in [0.15, 0.2) is 0 Å². The Bertz CT molecular complexity index is 1090. The Hall–Kier alpha value is -3.72. The number of aromatic amines is 1. The van der Waals surface area contributed by atoms with Crippen molar-refractivity contribution >= 4 is 23.1 Å². The number of anilines is 3. The normalized spacial score (nSPS) is 10.7. The van der Waals surface area contributed by atoms with Gasteiger partial charge < -0.3 is 25.4 Å². The van der Waals surface area contributed by atoms with E-state index in [9.17, 15) is 9.59 Å². The second kappa shape index (κ2) is 9.86. The minimum Gasteiger partial charge on any atom is -0.373 e. The molecule has 3 rings (SSSR count). The molecule has 0 bridgehead atoms. The molecule has 0 saturated heterocycles. The maximum absolute atomic E-state index is 12.7. The largest absolute Gasteiger partial charge is 0.373 e. The molecule has 3 N–H and O–H groups in total. The average Bonchev–Trinajstić information content (AvgIpc) is 2.79. The number of carbonyl (C=O) groups is 1. The molecule has 2 heterocycles. The van der Waals surface area contributed by atoms with Crippen molar-refractivity contribution in [2.75, 3.05) is 56.8 Å². The van der Waals surface area contributed by atoms with Gasteiger partial charge in [-0.3, -0.25) is 14.6 Å². The molecule has 0 unspecified atom stereocenters. The minimum absolute atomic E-state index is 0.145. The fourth-order valence-corrected chi connectivity index (χ4v) is 2.89. The lowest BCUT2D eigenvalue weighted by Crippen LogP contribution is -2.28. The standard InChI is InChI=1S/C22H27N7O2/c1-23-20-14-24-13-19(26-20)16-11-18(22(31)25-12-16)27-21(30)15-5-7-17(8-6-15)29(4)10-9-28(2)3/h5-8,11-14H,9-10H2,1-4H3,(H,23,26)(H,25,31)(H,27,30). The molecule has 0 fully saturated rings. The molecule has 0 aliphatic rings. The first-order valence-electron chi connectivity index (χ1n) is 9.87. The van der Waals surface area contributed by atoms with Gasteiger partial charge in [0, 0.05) is 50.2 Å². The van der Waals surface area contributed by atoms with Crippen molar-refractivity contribution in [2.45, 2.75) is 0 Å². The molecule has 9 heteroatoms. The molecule has 1 aromatic carbocycles. The summed E-state index contributed by atoms with van der Waals surface area (Å²) in [5.41, 5.74) is 2.44. The van der Waals surface area contributed by atoms with Gasteiger partial charge in [-0.2, -0.15) is 0 Å². The van der Waals surface area contributed by atoms with Crippen LogP contribution in [0.5, 0.6) is 0 Å². The Balaban J connectivity index is 1.75. The summed E-state index contributed by atoms with van der Waals surface area (Å²) < 4.78 is 0. The van der Waals surface area contributed by atoms with Crippen LogP contribution in [-0.4, -0.2) is 67.0 Å². The number of benzene rings is 1. The third-order valence-corrected chi connectivity index (χ3v) is 4.79. The van der Waals surface area contributed by atoms with E-state index in [1.165, 1.54) is 0 Å². The number of hydrogen-bond donors (Lipinski definition) is 3. The first-order chi connectivity index (χ1) is 14.9. The van der Waals surface area contributed by atoms with Crippen LogP contribution < -0.4 is 21.1 Å². The van der Waals surface area contributed by atoms with Gasteiger partial charge in [0.05, 0.1) is 18.1 Å². The summed E-state index contributed by atoms with van der Waals surface area (Å²) in [6.07, 6.45) is 4.73. The first kappa shape index (κ1) is 22.0. The molecular formula is C22H27N7O2. The van der Waals surface area contributed by atoms with Gasteiger partial charge >= 0.3 is 0 Å². The summed E-state index contributed by atoms with van der Waals surface area (Å²) in [5, 5.41) is 5.61. The lowest BCUT2D eigenvalue weighted by molar-refractivity contribution is 0.102. The highest BCUT2D eigenvalue weighted by atomic mass is 16.2. The number of nitrogens with zero attached hydrogens (tertiary/aromatic N) is 4. The van der Waals surface area contributed by atoms with Crippen LogP contribution in [0.2, 0.25) is 0 Å². The number of aromatic nitrogens is 3. The SMILES string of the molecule is CNc1cncc(-c2c[nH]c(=O)c(NC(=O)c3ccc(N(C)CCN(C)C)cc3)c2)n1. The van der Waals surface area contributed by atoms with E-state index in [0.717, 1.165) is 18.8 Å². The molecule has 0 atom stereocenters. The van der Waals surface area contributed by atoms with E-state index < -0.39 is 5.56 Å². The zero-order valence-electron chi connectivity index (χ0n) is 18.1. The second-order valence-corrected chi connectivity index (χ2v) is 7.40. The van der Waals surface area contributed by atoms with Crippen molar-refractivity contribution in [1.82, 2.24) is 19.9 Å². The smallest absolute Gasteiger partial charge is 0.271 e. The number of likely N-dealkylation sites (N-methyl/N-ethyl adjacent to an activating group) is 2. The fraction of sp³-hybridized carbons (Fsp3) is 0.273. The summed E-state index contributed by atoms with van der Waals surface area (Å²) >= 11 is 0. The van der Waals surface area contributed by atoms with Crippen molar-refractivity contribution in [3.05, 3.63) is 64.8 Å². The Labute approximate surface area is 181 Å². The lowest BCUT2D eigenvalue weighted by Gasteiger charge is -2.21. The van der Waals surface area contributed by atoms with Crippen LogP contribution in [0.15, 0.2) is 53.7 Å². The van der Waals surface area contributed by atoms with Crippen LogP contribution in [0.4, 0.5) is 17.2 Å². The quantitative estimate of drug-likeness (QED) is 0.511. The predicted molar refractivity (Wildman–Crippen MR) is 124 cm³/mol. The average molecular weight is 422 g/mol. The Morgan fingerprint density at radius 1 is 1.10 bits per heavy atom. The molecule has 9 nitrogen and oxygen atoms in total. The van der Waals surface area contributed by atoms with Crippen LogP contribution >= 0.6 is 0 Å². The number of pyridine rings is 1. The number of hydrogen-bond acceptors (Lipinski definition) is 7. The predicted octanol–water partition coefficient (Wildman–Crippen LogP) is 2.12. The molecule has 0 spiro atoms. The molecule has 1 amide bonds. The summed E-state index contributed by atoms with van der Waals surface area (Å²) in [6.45, 7) is 1.80. The number of carbonyl (C=O) groups excluding carboxylic acids is 1. The summed E-state index contributed by atoms with van der Waals surface area (Å²) in [4.78, 5) is 40.3. The highest BCUT2D eigenvalue weighted by Crippen LogP contribution is 2.19. The van der Waals surface area contributed by atoms with Gasteiger partial charge in [0.1, 0.15) is 11.5 Å². The summed E-state index contributed by atoms with van der Waals surface area (Å²) in [7, 11) is 7.82. The molecule has 0 radical (unpaired) electrons. The lowest BCUT2D eigenvalue weighted by atomic mass is 10.1. The molecule has 0 aliphatic carbocycles. The topological polar surface area (TPSA) is 106 Å². The van der Waals surface area contributed by atoms with Gasteiger partial charge in [-0.15, -0.1) is 0 Å². The molecule has 0 aliphatic heterocycles. The Morgan fingerprint density at radius 2 is 1.84 bits per heavy atom. The van der Waals surface area contributed by atoms with Crippen LogP contribution in [0.25, 0.3) is 11.3 Å². The minimum atomic E-state index is -0.394. The number of rotatable bonds is 8. The van der Waals surface area contributed by atoms with E-state index in [4.69, 9.17) is 0 Å². The fourth-order valence-electron chi connectivity index (χ4n) is 2.89. The molecule has 0 saturated carbocycles. The molecule has 162 valence electrons. The maximum atomic E-state index is 12.7. The maximum Gasteiger partial charge on any atom is 0.271 e. The monoisotopic (exact) mass is 421 g/mol. The second-order valence-electron chi connectivity index (χ2n) is 7.40. The van der Waals surface area contributed by atoms with Crippen molar-refractivity contribution < 1.29 is 4.79 Å². The van der Waals surface area contributed by atoms with Crippen LogP contribution in [-0.2, 0) is 0 Å². The van der Waals surface area contributed by atoms with Crippen LogP contribution in [0, 0.1) is 0 Å². The molecule has 2 aromatic heterocycles. The van der Waals surface area contributed by atoms with Gasteiger partial charge in [-0.25, -0.2) is 4.98 Å². The van der Waals surface area contributed by atoms with E-state index in [0.29, 0.717) is 22.6 Å². The third-order valence-electron chi connectivity index (χ3n) is 4.79. The van der Waals surface area contributed by atoms with Gasteiger partial charge in [0.2, 0.25) is 0 Å². The molecule has 31 heavy (non-hydrogen) atoms. The Morgan fingerprint density at radius 3 is 2.52 bits per heavy atom. The van der Waals surface area contributed by atoms with Gasteiger partial charge in [-0.05, 0) is 44.4 Å². The van der Waals surface area contributed by atoms with Crippen molar-refractivity contribution in [2.24, 2.45) is 0 Å². The van der Waals surface area contributed by atoms with E-state index in [-0.39, 0.29) is 11.6 Å². The van der Waals surface area contributed by atoms with Crippen LogP contribution in [0.3, 0.4) is 0 Å². The highest BCUT2D eigenvalue weighted by molar-refractivity contribution is 6.04. The van der Waals surface area contributed by atoms with Crippen LogP contribution in [0.1, 0.15) is 10.4 Å². The van der Waals surface area contributed by atoms with Gasteiger partial charge in [0.25, 0.3) is 11.5 Å². The number of amides is 1. The number of H-pyrrole nitrogens is 1. The highest BCUT2D eigenvalue weighted by Gasteiger charge is 2.12. The van der Waals surface area contributed by atoms with E-state index in [1.54, 1.807) is 43.8 Å².